The largest absolute Gasteiger partial charge is 0.309 e. The monoisotopic (exact) mass is 1050 g/mol. The van der Waals surface area contributed by atoms with E-state index in [1.54, 1.807) is 0 Å². The molecule has 0 amide bonds. The first-order valence-corrected chi connectivity index (χ1v) is 29.3. The van der Waals surface area contributed by atoms with Crippen molar-refractivity contribution in [3.05, 3.63) is 265 Å². The highest BCUT2D eigenvalue weighted by Gasteiger charge is 2.41. The van der Waals surface area contributed by atoms with Gasteiger partial charge in [0.2, 0.25) is 0 Å². The fraction of sp³-hybridized carbons (Fsp3) is 0.0617. The second-order valence-electron chi connectivity index (χ2n) is 24.3. The average molecular weight is 1050 g/mol. The smallest absolute Gasteiger partial charge is 0.0547 e. The van der Waals surface area contributed by atoms with E-state index in [9.17, 15) is 0 Å². The zero-order valence-electron chi connectivity index (χ0n) is 46.5. The summed E-state index contributed by atoms with van der Waals surface area (Å²) in [7, 11) is 0. The van der Waals surface area contributed by atoms with Crippen LogP contribution in [0.5, 0.6) is 0 Å². The highest BCUT2D eigenvalue weighted by molar-refractivity contribution is 6.25. The van der Waals surface area contributed by atoms with Gasteiger partial charge in [-0.25, -0.2) is 0 Å². The minimum absolute atomic E-state index is 0.382. The van der Waals surface area contributed by atoms with Crippen LogP contribution in [0.4, 0.5) is 34.1 Å². The van der Waals surface area contributed by atoms with Crippen LogP contribution in [0.1, 0.15) is 36.1 Å². The molecule has 2 nitrogen and oxygen atoms in total. The van der Waals surface area contributed by atoms with Crippen molar-refractivity contribution in [1.82, 2.24) is 0 Å². The predicted molar refractivity (Wildman–Crippen MR) is 351 cm³/mol. The van der Waals surface area contributed by atoms with Crippen molar-refractivity contribution >= 4 is 77.2 Å². The van der Waals surface area contributed by atoms with E-state index in [-0.39, 0.29) is 5.41 Å². The number of aryl methyl sites for hydroxylation is 2. The molecule has 0 unspecified atom stereocenters. The van der Waals surface area contributed by atoms with Crippen molar-refractivity contribution in [2.75, 3.05) is 9.80 Å². The Morgan fingerprint density at radius 3 is 0.759 bits per heavy atom. The fourth-order valence-corrected chi connectivity index (χ4v) is 16.2. The van der Waals surface area contributed by atoms with Gasteiger partial charge in [0.05, 0.1) is 22.7 Å². The van der Waals surface area contributed by atoms with E-state index in [2.05, 4.69) is 280 Å². The predicted octanol–water partition coefficient (Wildman–Crippen LogP) is 22.8. The topological polar surface area (TPSA) is 6.48 Å². The number of hydrogen-bond donors (Lipinski definition) is 0. The Kier molecular flexibility index (Phi) is 8.76. The maximum atomic E-state index is 2.65. The molecule has 0 heterocycles. The van der Waals surface area contributed by atoms with Gasteiger partial charge in [0.25, 0.3) is 0 Å². The number of anilines is 6. The summed E-state index contributed by atoms with van der Waals surface area (Å²) in [5.74, 6) is 0. The molecule has 2 heteroatoms. The van der Waals surface area contributed by atoms with Crippen LogP contribution in [-0.4, -0.2) is 0 Å². The molecule has 0 bridgehead atoms. The van der Waals surface area contributed by atoms with E-state index in [1.165, 1.54) is 200 Å². The normalized spacial score (nSPS) is 13.4. The minimum Gasteiger partial charge on any atom is -0.309 e. The zero-order valence-corrected chi connectivity index (χ0v) is 46.5. The third-order valence-electron chi connectivity index (χ3n) is 19.8. The van der Waals surface area contributed by atoms with Crippen LogP contribution >= 0.6 is 0 Å². The van der Waals surface area contributed by atoms with Gasteiger partial charge in [-0.3, -0.25) is 0 Å². The van der Waals surface area contributed by atoms with Gasteiger partial charge in [-0.1, -0.05) is 208 Å². The highest BCUT2D eigenvalue weighted by atomic mass is 15.2. The summed E-state index contributed by atoms with van der Waals surface area (Å²) in [6.07, 6.45) is 0. The fourth-order valence-electron chi connectivity index (χ4n) is 16.2. The quantitative estimate of drug-likeness (QED) is 0.164. The maximum absolute atomic E-state index is 2.65. The summed E-state index contributed by atoms with van der Waals surface area (Å²) in [6, 6.07) is 92.7. The third kappa shape index (κ3) is 5.77. The molecule has 0 fully saturated rings. The molecule has 0 spiro atoms. The molecule has 0 atom stereocenters. The van der Waals surface area contributed by atoms with E-state index in [0.717, 1.165) is 0 Å². The summed E-state index contributed by atoms with van der Waals surface area (Å²) in [6.45, 7) is 9.63. The Morgan fingerprint density at radius 2 is 0.482 bits per heavy atom. The van der Waals surface area contributed by atoms with Gasteiger partial charge in [0, 0.05) is 39.0 Å². The second-order valence-corrected chi connectivity index (χ2v) is 24.3. The van der Waals surface area contributed by atoms with Crippen LogP contribution in [-0.2, 0) is 5.41 Å². The lowest BCUT2D eigenvalue weighted by atomic mass is 9.81. The summed E-state index contributed by atoms with van der Waals surface area (Å²) in [4.78, 5) is 5.30. The van der Waals surface area contributed by atoms with Gasteiger partial charge in [-0.2, -0.15) is 0 Å². The summed E-state index contributed by atoms with van der Waals surface area (Å²) >= 11 is 0. The van der Waals surface area contributed by atoms with Gasteiger partial charge < -0.3 is 9.80 Å². The molecule has 14 aromatic carbocycles. The van der Waals surface area contributed by atoms with Gasteiger partial charge in [0.1, 0.15) is 0 Å². The van der Waals surface area contributed by atoms with E-state index in [0.29, 0.717) is 0 Å². The van der Waals surface area contributed by atoms with Crippen LogP contribution < -0.4 is 9.80 Å². The number of hydrogen-bond acceptors (Lipinski definition) is 2. The Balaban J connectivity index is 0.856. The van der Waals surface area contributed by atoms with Gasteiger partial charge >= 0.3 is 0 Å². The molecule has 0 saturated carbocycles. The van der Waals surface area contributed by atoms with Gasteiger partial charge in [-0.05, 0) is 206 Å². The summed E-state index contributed by atoms with van der Waals surface area (Å²) in [5.41, 5.74) is 35.2. The molecule has 83 heavy (non-hydrogen) atoms. The van der Waals surface area contributed by atoms with Gasteiger partial charge in [0.15, 0.2) is 0 Å². The van der Waals surface area contributed by atoms with E-state index in [4.69, 9.17) is 0 Å². The lowest BCUT2D eigenvalue weighted by Gasteiger charge is -2.33. The molecule has 0 saturated heterocycles. The molecule has 0 aliphatic heterocycles. The molecule has 386 valence electrons. The molecule has 5 aliphatic carbocycles. The van der Waals surface area contributed by atoms with Crippen LogP contribution in [0.25, 0.3) is 143 Å². The minimum atomic E-state index is -0.382. The number of nitrogens with zero attached hydrogens (tertiary/aromatic N) is 2. The average Bonchev–Trinajstić information content (AvgIpc) is 2.41. The van der Waals surface area contributed by atoms with Crippen molar-refractivity contribution in [1.29, 1.82) is 0 Å². The Hall–Kier alpha value is -10.3. The van der Waals surface area contributed by atoms with Crippen molar-refractivity contribution in [2.45, 2.75) is 33.1 Å². The van der Waals surface area contributed by atoms with Crippen molar-refractivity contribution < 1.29 is 0 Å². The van der Waals surface area contributed by atoms with Crippen LogP contribution in [0.15, 0.2) is 243 Å². The summed E-state index contributed by atoms with van der Waals surface area (Å²) in [5, 5.41) is 10.3. The Bertz CT molecular complexity index is 4740. The molecular weight excluding hydrogens is 1000 g/mol. The van der Waals surface area contributed by atoms with Crippen LogP contribution in [0.2, 0.25) is 0 Å². The lowest BCUT2D eigenvalue weighted by molar-refractivity contribution is 0.660. The standard InChI is InChI=1S/C81H52N2/c1-45-41-63-64-42-46(2)72(83(69-39-35-49-19-15-31-57-53-23-7-11-27-61(53)79(69)75(49)57)70-40-36-50-20-16-32-58-54-24-8-12-28-62(54)80(70)76(50)58)44-66(64)81(3,4)65(63)43-71(45)82(67-37-33-47-17-13-29-55-51-21-5-9-25-59(51)77(67)73(47)55)68-38-34-48-18-14-30-56-52-22-6-10-26-60(52)78(68)74(48)56/h5-44H,1-4H3. The Morgan fingerprint density at radius 1 is 0.229 bits per heavy atom. The Labute approximate surface area is 482 Å². The first-order chi connectivity index (χ1) is 40.8. The molecule has 5 aliphatic rings. The molecule has 19 rings (SSSR count). The maximum Gasteiger partial charge on any atom is 0.0547 e. The lowest BCUT2D eigenvalue weighted by Crippen LogP contribution is -2.19. The van der Waals surface area contributed by atoms with Gasteiger partial charge in [-0.15, -0.1) is 0 Å². The van der Waals surface area contributed by atoms with E-state index >= 15 is 0 Å². The first-order valence-electron chi connectivity index (χ1n) is 29.3. The molecule has 0 N–H and O–H groups in total. The highest BCUT2D eigenvalue weighted by Crippen LogP contribution is 2.63. The third-order valence-corrected chi connectivity index (χ3v) is 19.8. The van der Waals surface area contributed by atoms with Crippen molar-refractivity contribution in [2.24, 2.45) is 0 Å². The number of benzene rings is 14. The van der Waals surface area contributed by atoms with Crippen LogP contribution in [0, 0.1) is 13.8 Å². The zero-order chi connectivity index (χ0) is 54.7. The molecule has 0 aromatic heterocycles. The second kappa shape index (κ2) is 16.0. The van der Waals surface area contributed by atoms with E-state index < -0.39 is 0 Å². The van der Waals surface area contributed by atoms with E-state index in [1.807, 2.05) is 0 Å². The van der Waals surface area contributed by atoms with Crippen molar-refractivity contribution in [3.8, 4) is 100 Å². The summed E-state index contributed by atoms with van der Waals surface area (Å²) < 4.78 is 0. The molecular formula is C81H52N2. The number of fused-ring (bicyclic) bond motifs is 15. The molecule has 0 radical (unpaired) electrons. The SMILES string of the molecule is Cc1cc2c(cc1N(c1ccc3cccc4c3c1-c1ccccc1-4)c1ccc3cccc4c3c1-c1ccccc1-4)C(C)(C)c1cc(N(c3ccc4cccc5c4c3-c3ccccc3-5)c3ccc4cccc5c4c3-c3ccccc3-5)c(C)cc1-2. The van der Waals surface area contributed by atoms with Crippen LogP contribution in [0.3, 0.4) is 0 Å². The first kappa shape index (κ1) is 45.4. The molecule has 14 aromatic rings. The van der Waals surface area contributed by atoms with Crippen molar-refractivity contribution in [3.63, 3.8) is 0 Å². The number of rotatable bonds is 6.